The first-order chi connectivity index (χ1) is 22.9. The van der Waals surface area contributed by atoms with Gasteiger partial charge in [-0.15, -0.1) is 0 Å². The number of aliphatic imine (C=N–C) groups is 1. The molecule has 4 amide bonds. The standard InChI is InChI=1S/C35H49F2N7O4/c1-5-34(6-2,43-30(45)23(3)4)32(47)41-28(10-9-21-39-22-40-38)31(46)44-35(19-7-8-20-35)33(48)42-29(24-11-15-26(36)16-12-24)25-13-17-27(37)18-14-25/h11-18,22-23,28-29H,5-10,19-21,38H2,1-4H3,(H,39,40)(H,41,47)(H,42,48)(H,43,45)(H,44,46). The van der Waals surface area contributed by atoms with Crippen molar-refractivity contribution in [3.8, 4) is 0 Å². The van der Waals surface area contributed by atoms with E-state index < -0.39 is 52.5 Å². The van der Waals surface area contributed by atoms with Crippen molar-refractivity contribution in [2.45, 2.75) is 102 Å². The maximum Gasteiger partial charge on any atom is 0.246 e. The van der Waals surface area contributed by atoms with Gasteiger partial charge in [0.2, 0.25) is 23.6 Å². The van der Waals surface area contributed by atoms with E-state index in [2.05, 4.69) is 31.7 Å². The minimum atomic E-state index is -1.29. The fourth-order valence-corrected chi connectivity index (χ4v) is 5.90. The Balaban J connectivity index is 1.90. The molecule has 13 heteroatoms. The van der Waals surface area contributed by atoms with Crippen molar-refractivity contribution >= 4 is 30.0 Å². The molecule has 1 aliphatic rings. The van der Waals surface area contributed by atoms with Gasteiger partial charge in [-0.1, -0.05) is 64.8 Å². The van der Waals surface area contributed by atoms with Gasteiger partial charge in [0.05, 0.1) is 12.4 Å². The third-order valence-electron chi connectivity index (χ3n) is 9.03. The zero-order chi connectivity index (χ0) is 35.3. The van der Waals surface area contributed by atoms with Crippen LogP contribution in [0.2, 0.25) is 0 Å². The molecule has 0 radical (unpaired) electrons. The Labute approximate surface area is 281 Å². The van der Waals surface area contributed by atoms with E-state index in [-0.39, 0.29) is 18.2 Å². The number of amides is 4. The Morgan fingerprint density at radius 2 is 1.44 bits per heavy atom. The predicted molar refractivity (Wildman–Crippen MR) is 180 cm³/mol. The number of hydrogen-bond acceptors (Lipinski definition) is 6. The predicted octanol–water partition coefficient (Wildman–Crippen LogP) is 3.69. The topological polar surface area (TPSA) is 167 Å². The summed E-state index contributed by atoms with van der Waals surface area (Å²) in [6.45, 7) is 7.38. The minimum Gasteiger partial charge on any atom is -0.343 e. The van der Waals surface area contributed by atoms with Crippen molar-refractivity contribution in [1.82, 2.24) is 26.7 Å². The summed E-state index contributed by atoms with van der Waals surface area (Å²) in [5.41, 5.74) is 0.946. The molecule has 0 saturated heterocycles. The molecule has 1 fully saturated rings. The molecule has 1 unspecified atom stereocenters. The highest BCUT2D eigenvalue weighted by atomic mass is 19.1. The van der Waals surface area contributed by atoms with E-state index in [4.69, 9.17) is 5.84 Å². The number of nitrogens with zero attached hydrogens (tertiary/aromatic N) is 1. The number of hydrazine groups is 1. The van der Waals surface area contributed by atoms with Crippen LogP contribution in [0.4, 0.5) is 8.78 Å². The van der Waals surface area contributed by atoms with Crippen molar-refractivity contribution in [2.75, 3.05) is 6.54 Å². The van der Waals surface area contributed by atoms with Crippen molar-refractivity contribution in [1.29, 1.82) is 0 Å². The second kappa shape index (κ2) is 17.7. The van der Waals surface area contributed by atoms with Crippen molar-refractivity contribution in [3.63, 3.8) is 0 Å². The first-order valence-corrected chi connectivity index (χ1v) is 16.6. The summed E-state index contributed by atoms with van der Waals surface area (Å²) in [5.74, 6) is 2.25. The summed E-state index contributed by atoms with van der Waals surface area (Å²) >= 11 is 0. The van der Waals surface area contributed by atoms with Gasteiger partial charge < -0.3 is 26.7 Å². The molecular formula is C35H49F2N7O4. The second-order valence-electron chi connectivity index (χ2n) is 12.6. The van der Waals surface area contributed by atoms with E-state index in [1.165, 1.54) is 30.6 Å². The number of nitrogens with one attached hydrogen (secondary N) is 5. The fraction of sp³-hybridized carbons (Fsp3) is 0.514. The average Bonchev–Trinajstić information content (AvgIpc) is 3.55. The molecule has 0 bridgehead atoms. The number of benzene rings is 2. The highest BCUT2D eigenvalue weighted by Gasteiger charge is 2.45. The molecule has 0 spiro atoms. The molecule has 1 atom stereocenters. The zero-order valence-electron chi connectivity index (χ0n) is 28.2. The molecule has 3 rings (SSSR count). The highest BCUT2D eigenvalue weighted by Crippen LogP contribution is 2.32. The zero-order valence-corrected chi connectivity index (χ0v) is 28.2. The molecule has 0 aromatic heterocycles. The van der Waals surface area contributed by atoms with E-state index in [1.54, 1.807) is 52.0 Å². The summed E-state index contributed by atoms with van der Waals surface area (Å²) in [6, 6.07) is 9.51. The van der Waals surface area contributed by atoms with Crippen LogP contribution in [0, 0.1) is 17.6 Å². The molecule has 262 valence electrons. The van der Waals surface area contributed by atoms with Crippen LogP contribution in [-0.4, -0.2) is 53.6 Å². The number of hydrogen-bond donors (Lipinski definition) is 6. The van der Waals surface area contributed by atoms with Gasteiger partial charge in [-0.3, -0.25) is 24.2 Å². The van der Waals surface area contributed by atoms with Gasteiger partial charge in [0, 0.05) is 12.5 Å². The molecule has 48 heavy (non-hydrogen) atoms. The van der Waals surface area contributed by atoms with Gasteiger partial charge in [0.1, 0.15) is 28.8 Å². The largest absolute Gasteiger partial charge is 0.343 e. The van der Waals surface area contributed by atoms with Gasteiger partial charge >= 0.3 is 0 Å². The SMILES string of the molecule is CCC(CC)(NC(=O)C(C)C)C(=O)NC(CCCN=CNN)C(=O)NC1(C(=O)NC(c2ccc(F)cc2)c2ccc(F)cc2)CCCC1. The molecule has 2 aromatic rings. The smallest absolute Gasteiger partial charge is 0.246 e. The van der Waals surface area contributed by atoms with E-state index in [9.17, 15) is 28.0 Å². The second-order valence-corrected chi connectivity index (χ2v) is 12.6. The Kier molecular flexibility index (Phi) is 14.0. The molecule has 0 aliphatic heterocycles. The average molecular weight is 670 g/mol. The Bertz CT molecular complexity index is 1360. The quantitative estimate of drug-likeness (QED) is 0.0494. The van der Waals surface area contributed by atoms with Gasteiger partial charge in [-0.2, -0.15) is 0 Å². The number of carbonyl (C=O) groups is 4. The normalized spacial score (nSPS) is 14.9. The van der Waals surface area contributed by atoms with E-state index in [0.717, 1.165) is 0 Å². The molecule has 0 heterocycles. The molecule has 1 aliphatic carbocycles. The van der Waals surface area contributed by atoms with Crippen molar-refractivity contribution in [3.05, 3.63) is 71.3 Å². The summed E-state index contributed by atoms with van der Waals surface area (Å²) < 4.78 is 27.6. The molecule has 7 N–H and O–H groups in total. The molecule has 11 nitrogen and oxygen atoms in total. The monoisotopic (exact) mass is 669 g/mol. The highest BCUT2D eigenvalue weighted by molar-refractivity contribution is 5.97. The fourth-order valence-electron chi connectivity index (χ4n) is 5.90. The Morgan fingerprint density at radius 1 is 0.896 bits per heavy atom. The Morgan fingerprint density at radius 3 is 1.92 bits per heavy atom. The maximum atomic E-state index is 14.2. The summed E-state index contributed by atoms with van der Waals surface area (Å²) in [7, 11) is 0. The lowest BCUT2D eigenvalue weighted by molar-refractivity contribution is -0.139. The van der Waals surface area contributed by atoms with E-state index in [1.807, 2.05) is 0 Å². The maximum absolute atomic E-state index is 14.2. The lowest BCUT2D eigenvalue weighted by Gasteiger charge is -2.36. The van der Waals surface area contributed by atoms with E-state index >= 15 is 0 Å². The minimum absolute atomic E-state index is 0.201. The third-order valence-corrected chi connectivity index (χ3v) is 9.03. The van der Waals surface area contributed by atoms with Crippen molar-refractivity contribution in [2.24, 2.45) is 16.8 Å². The van der Waals surface area contributed by atoms with Crippen LogP contribution >= 0.6 is 0 Å². The van der Waals surface area contributed by atoms with Crippen molar-refractivity contribution < 1.29 is 28.0 Å². The first-order valence-electron chi connectivity index (χ1n) is 16.6. The van der Waals surface area contributed by atoms with Gasteiger partial charge in [0.25, 0.3) is 0 Å². The lowest BCUT2D eigenvalue weighted by atomic mass is 9.89. The van der Waals surface area contributed by atoms with Crippen LogP contribution < -0.4 is 32.5 Å². The summed E-state index contributed by atoms with van der Waals surface area (Å²) in [5, 5.41) is 11.7. The van der Waals surface area contributed by atoms with Gasteiger partial charge in [0.15, 0.2) is 0 Å². The van der Waals surface area contributed by atoms with Crippen LogP contribution in [-0.2, 0) is 19.2 Å². The van der Waals surface area contributed by atoms with Crippen LogP contribution in [0.15, 0.2) is 53.5 Å². The molecule has 1 saturated carbocycles. The van der Waals surface area contributed by atoms with Gasteiger partial charge in [-0.05, 0) is 73.9 Å². The van der Waals surface area contributed by atoms with Gasteiger partial charge in [-0.25, -0.2) is 14.6 Å². The third kappa shape index (κ3) is 9.82. The van der Waals surface area contributed by atoms with Crippen LogP contribution in [0.1, 0.15) is 96.2 Å². The summed E-state index contributed by atoms with van der Waals surface area (Å²) in [6.07, 6.45) is 4.61. The number of rotatable bonds is 17. The number of carbonyl (C=O) groups excluding carboxylic acids is 4. The summed E-state index contributed by atoms with van der Waals surface area (Å²) in [4.78, 5) is 58.8. The Hall–Kier alpha value is -4.39. The molecule has 2 aromatic carbocycles. The first kappa shape index (κ1) is 38.1. The van der Waals surface area contributed by atoms with E-state index in [0.29, 0.717) is 62.6 Å². The molecular weight excluding hydrogens is 620 g/mol. The lowest BCUT2D eigenvalue weighted by Crippen LogP contribution is -2.64. The number of halogens is 2. The van der Waals surface area contributed by atoms with Crippen LogP contribution in [0.5, 0.6) is 0 Å². The number of nitrogens with two attached hydrogens (primary N) is 1. The van der Waals surface area contributed by atoms with Crippen LogP contribution in [0.25, 0.3) is 0 Å². The van der Waals surface area contributed by atoms with Crippen LogP contribution in [0.3, 0.4) is 0 Å².